The van der Waals surface area contributed by atoms with E-state index in [1.54, 1.807) is 0 Å². The van der Waals surface area contributed by atoms with Crippen molar-refractivity contribution >= 4 is 15.9 Å². The minimum absolute atomic E-state index is 0.457. The maximum absolute atomic E-state index is 5.62. The van der Waals surface area contributed by atoms with Gasteiger partial charge in [-0.25, -0.2) is 0 Å². The van der Waals surface area contributed by atoms with E-state index in [0.717, 1.165) is 27.8 Å². The monoisotopic (exact) mass is 307 g/mol. The van der Waals surface area contributed by atoms with Crippen molar-refractivity contribution in [2.24, 2.45) is 11.7 Å². The van der Waals surface area contributed by atoms with Gasteiger partial charge in [0, 0.05) is 12.1 Å². The van der Waals surface area contributed by atoms with E-state index in [4.69, 9.17) is 5.73 Å². The molecule has 1 aromatic carbocycles. The molecule has 0 radical (unpaired) electrons. The van der Waals surface area contributed by atoms with Crippen LogP contribution in [0, 0.1) is 5.92 Å². The molecule has 0 aliphatic rings. The lowest BCUT2D eigenvalue weighted by Crippen LogP contribution is -1.96. The maximum atomic E-state index is 5.62. The normalized spacial score (nSPS) is 11.2. The topological polar surface area (TPSA) is 54.7 Å². The quantitative estimate of drug-likeness (QED) is 0.908. The average Bonchev–Trinajstić information content (AvgIpc) is 2.71. The van der Waals surface area contributed by atoms with Crippen LogP contribution in [0.3, 0.4) is 0 Å². The standard InChI is InChI=1S/C14H18BrN3/c1-9(2)7-10-3-5-11(6-4-10)14-13(15)12(8-16)17-18-14/h3-6,9H,7-8,16H2,1-2H3,(H,17,18). The van der Waals surface area contributed by atoms with E-state index in [-0.39, 0.29) is 0 Å². The van der Waals surface area contributed by atoms with Crippen LogP contribution in [-0.2, 0) is 13.0 Å². The van der Waals surface area contributed by atoms with E-state index >= 15 is 0 Å². The summed E-state index contributed by atoms with van der Waals surface area (Å²) < 4.78 is 0.960. The van der Waals surface area contributed by atoms with Crippen molar-refractivity contribution < 1.29 is 0 Å². The van der Waals surface area contributed by atoms with Crippen LogP contribution < -0.4 is 5.73 Å². The van der Waals surface area contributed by atoms with Gasteiger partial charge in [-0.3, -0.25) is 5.10 Å². The molecule has 18 heavy (non-hydrogen) atoms. The van der Waals surface area contributed by atoms with Crippen molar-refractivity contribution in [3.63, 3.8) is 0 Å². The molecule has 3 N–H and O–H groups in total. The van der Waals surface area contributed by atoms with Crippen LogP contribution in [-0.4, -0.2) is 10.2 Å². The van der Waals surface area contributed by atoms with E-state index in [1.807, 2.05) is 0 Å². The van der Waals surface area contributed by atoms with Crippen molar-refractivity contribution in [2.75, 3.05) is 0 Å². The number of nitrogens with zero attached hydrogens (tertiary/aromatic N) is 1. The highest BCUT2D eigenvalue weighted by atomic mass is 79.9. The Hall–Kier alpha value is -1.13. The zero-order chi connectivity index (χ0) is 13.1. The van der Waals surface area contributed by atoms with Crippen LogP contribution in [0.4, 0.5) is 0 Å². The molecule has 0 saturated heterocycles. The summed E-state index contributed by atoms with van der Waals surface area (Å²) >= 11 is 3.53. The number of benzene rings is 1. The molecule has 0 spiro atoms. The number of hydrogen-bond donors (Lipinski definition) is 2. The molecule has 0 aliphatic carbocycles. The second-order valence-electron chi connectivity index (χ2n) is 4.86. The highest BCUT2D eigenvalue weighted by molar-refractivity contribution is 9.10. The maximum Gasteiger partial charge on any atom is 0.107 e. The molecule has 0 atom stereocenters. The molecule has 4 heteroatoms. The SMILES string of the molecule is CC(C)Cc1ccc(-c2n[nH]c(CN)c2Br)cc1. The molecular weight excluding hydrogens is 290 g/mol. The number of halogens is 1. The third-order valence-corrected chi connectivity index (χ3v) is 3.71. The van der Waals surface area contributed by atoms with Gasteiger partial charge in [-0.05, 0) is 33.8 Å². The second-order valence-corrected chi connectivity index (χ2v) is 5.66. The number of hydrogen-bond acceptors (Lipinski definition) is 2. The fraction of sp³-hybridized carbons (Fsp3) is 0.357. The lowest BCUT2D eigenvalue weighted by atomic mass is 10.0. The summed E-state index contributed by atoms with van der Waals surface area (Å²) in [4.78, 5) is 0. The zero-order valence-electron chi connectivity index (χ0n) is 10.7. The highest BCUT2D eigenvalue weighted by Gasteiger charge is 2.11. The van der Waals surface area contributed by atoms with E-state index in [9.17, 15) is 0 Å². The van der Waals surface area contributed by atoms with Crippen LogP contribution in [0.25, 0.3) is 11.3 Å². The fourth-order valence-corrected chi connectivity index (χ4v) is 2.53. The molecule has 2 rings (SSSR count). The number of rotatable bonds is 4. The Labute approximate surface area is 116 Å². The molecule has 0 bridgehead atoms. The van der Waals surface area contributed by atoms with Crippen LogP contribution in [0.5, 0.6) is 0 Å². The van der Waals surface area contributed by atoms with Gasteiger partial charge < -0.3 is 5.73 Å². The summed E-state index contributed by atoms with van der Waals surface area (Å²) in [7, 11) is 0. The molecule has 2 aromatic rings. The largest absolute Gasteiger partial charge is 0.325 e. The molecule has 0 unspecified atom stereocenters. The van der Waals surface area contributed by atoms with Crippen molar-refractivity contribution in [1.29, 1.82) is 0 Å². The zero-order valence-corrected chi connectivity index (χ0v) is 12.3. The first kappa shape index (κ1) is 13.3. The Morgan fingerprint density at radius 3 is 2.44 bits per heavy atom. The summed E-state index contributed by atoms with van der Waals surface area (Å²) in [6, 6.07) is 8.55. The number of H-pyrrole nitrogens is 1. The van der Waals surface area contributed by atoms with Gasteiger partial charge in [-0.1, -0.05) is 38.1 Å². The molecule has 0 fully saturated rings. The van der Waals surface area contributed by atoms with Crippen LogP contribution in [0.1, 0.15) is 25.1 Å². The molecule has 3 nitrogen and oxygen atoms in total. The predicted molar refractivity (Wildman–Crippen MR) is 78.2 cm³/mol. The summed E-state index contributed by atoms with van der Waals surface area (Å²) in [6.07, 6.45) is 1.11. The summed E-state index contributed by atoms with van der Waals surface area (Å²) in [5, 5.41) is 7.24. The van der Waals surface area contributed by atoms with Crippen LogP contribution in [0.15, 0.2) is 28.7 Å². The first-order chi connectivity index (χ1) is 8.61. The average molecular weight is 308 g/mol. The van der Waals surface area contributed by atoms with E-state index < -0.39 is 0 Å². The number of nitrogens with one attached hydrogen (secondary N) is 1. The third kappa shape index (κ3) is 2.82. The smallest absolute Gasteiger partial charge is 0.107 e. The molecule has 1 heterocycles. The summed E-state index contributed by atoms with van der Waals surface area (Å²) in [5.74, 6) is 0.678. The van der Waals surface area contributed by atoms with Crippen LogP contribution in [0.2, 0.25) is 0 Å². The fourth-order valence-electron chi connectivity index (χ4n) is 1.96. The predicted octanol–water partition coefficient (Wildman–Crippen LogP) is 3.50. The lowest BCUT2D eigenvalue weighted by molar-refractivity contribution is 0.647. The Morgan fingerprint density at radius 1 is 1.28 bits per heavy atom. The van der Waals surface area contributed by atoms with E-state index in [1.165, 1.54) is 5.56 Å². The Bertz CT molecular complexity index is 514. The van der Waals surface area contributed by atoms with Crippen molar-refractivity contribution in [3.8, 4) is 11.3 Å². The minimum atomic E-state index is 0.457. The second kappa shape index (κ2) is 5.67. The highest BCUT2D eigenvalue weighted by Crippen LogP contribution is 2.29. The van der Waals surface area contributed by atoms with Gasteiger partial charge in [0.05, 0.1) is 10.2 Å². The number of nitrogens with two attached hydrogens (primary N) is 1. The van der Waals surface area contributed by atoms with E-state index in [2.05, 4.69) is 64.2 Å². The first-order valence-corrected chi connectivity index (χ1v) is 6.93. The number of aromatic amines is 1. The van der Waals surface area contributed by atoms with Gasteiger partial charge >= 0.3 is 0 Å². The molecular formula is C14H18BrN3. The third-order valence-electron chi connectivity index (χ3n) is 2.85. The Balaban J connectivity index is 2.26. The number of aromatic nitrogens is 2. The van der Waals surface area contributed by atoms with Gasteiger partial charge in [0.25, 0.3) is 0 Å². The van der Waals surface area contributed by atoms with Crippen LogP contribution >= 0.6 is 15.9 Å². The van der Waals surface area contributed by atoms with E-state index in [0.29, 0.717) is 12.5 Å². The van der Waals surface area contributed by atoms with Crippen molar-refractivity contribution in [2.45, 2.75) is 26.8 Å². The molecule has 0 amide bonds. The molecule has 0 aliphatic heterocycles. The Kier molecular flexibility index (Phi) is 4.19. The summed E-state index contributed by atoms with van der Waals surface area (Å²) in [5.41, 5.74) is 9.93. The summed E-state index contributed by atoms with van der Waals surface area (Å²) in [6.45, 7) is 4.91. The molecule has 96 valence electrons. The van der Waals surface area contributed by atoms with Gasteiger partial charge in [0.2, 0.25) is 0 Å². The van der Waals surface area contributed by atoms with Gasteiger partial charge in [-0.15, -0.1) is 0 Å². The Morgan fingerprint density at radius 2 is 1.94 bits per heavy atom. The van der Waals surface area contributed by atoms with Gasteiger partial charge in [-0.2, -0.15) is 5.10 Å². The van der Waals surface area contributed by atoms with Gasteiger partial charge in [0.1, 0.15) is 5.69 Å². The lowest BCUT2D eigenvalue weighted by Gasteiger charge is -2.05. The van der Waals surface area contributed by atoms with Crippen molar-refractivity contribution in [3.05, 3.63) is 40.0 Å². The van der Waals surface area contributed by atoms with Crippen molar-refractivity contribution in [1.82, 2.24) is 10.2 Å². The minimum Gasteiger partial charge on any atom is -0.325 e. The first-order valence-electron chi connectivity index (χ1n) is 6.14. The molecule has 0 saturated carbocycles. The molecule has 1 aromatic heterocycles. The van der Waals surface area contributed by atoms with Gasteiger partial charge in [0.15, 0.2) is 0 Å².